The van der Waals surface area contributed by atoms with Crippen molar-refractivity contribution in [2.45, 2.75) is 6.42 Å². The first kappa shape index (κ1) is 7.79. The summed E-state index contributed by atoms with van der Waals surface area (Å²) in [6.07, 6.45) is 0.188. The van der Waals surface area contributed by atoms with E-state index in [0.717, 1.165) is 0 Å². The monoisotopic (exact) mass is 176 g/mol. The normalized spacial score (nSPS) is 15.1. The highest BCUT2D eigenvalue weighted by Gasteiger charge is 2.23. The molecule has 1 aliphatic rings. The fourth-order valence-corrected chi connectivity index (χ4v) is 1.41. The van der Waals surface area contributed by atoms with Crippen LogP contribution in [0.5, 0.6) is 0 Å². The van der Waals surface area contributed by atoms with E-state index in [9.17, 15) is 9.59 Å². The quantitative estimate of drug-likeness (QED) is 0.434. The summed E-state index contributed by atoms with van der Waals surface area (Å²) in [5, 5.41) is 2.23. The number of anilines is 1. The van der Waals surface area contributed by atoms with Crippen molar-refractivity contribution in [2.75, 3.05) is 5.73 Å². The number of carbonyl (C=O) groups excluding carboxylic acids is 2. The second-order valence-corrected chi connectivity index (χ2v) is 2.93. The van der Waals surface area contributed by atoms with Crippen molar-refractivity contribution in [2.24, 2.45) is 0 Å². The predicted octanol–water partition coefficient (Wildman–Crippen LogP) is 0.0813. The number of nitrogens with two attached hydrogens (primary N) is 1. The van der Waals surface area contributed by atoms with Crippen LogP contribution in [0.1, 0.15) is 15.9 Å². The van der Waals surface area contributed by atoms with Crippen molar-refractivity contribution >= 4 is 17.5 Å². The molecular weight excluding hydrogens is 168 g/mol. The third-order valence-electron chi connectivity index (χ3n) is 2.05. The van der Waals surface area contributed by atoms with Crippen LogP contribution in [0.3, 0.4) is 0 Å². The van der Waals surface area contributed by atoms with Crippen LogP contribution >= 0.6 is 0 Å². The van der Waals surface area contributed by atoms with Crippen LogP contribution in [-0.4, -0.2) is 11.8 Å². The fourth-order valence-electron chi connectivity index (χ4n) is 1.41. The van der Waals surface area contributed by atoms with Gasteiger partial charge >= 0.3 is 0 Å². The van der Waals surface area contributed by atoms with Crippen molar-refractivity contribution in [3.05, 3.63) is 29.3 Å². The topological polar surface area (TPSA) is 72.2 Å². The Morgan fingerprint density at radius 3 is 2.85 bits per heavy atom. The number of benzene rings is 1. The van der Waals surface area contributed by atoms with Gasteiger partial charge in [-0.3, -0.25) is 14.9 Å². The molecule has 0 saturated carbocycles. The van der Waals surface area contributed by atoms with E-state index >= 15 is 0 Å². The molecule has 1 aromatic carbocycles. The summed E-state index contributed by atoms with van der Waals surface area (Å²) in [5.74, 6) is -0.658. The van der Waals surface area contributed by atoms with Crippen LogP contribution in [0.15, 0.2) is 18.2 Å². The lowest BCUT2D eigenvalue weighted by molar-refractivity contribution is -0.119. The lowest BCUT2D eigenvalue weighted by Crippen LogP contribution is -2.37. The zero-order valence-electron chi connectivity index (χ0n) is 6.83. The molecule has 0 aromatic heterocycles. The average Bonchev–Trinajstić information content (AvgIpc) is 2.07. The second kappa shape index (κ2) is 2.58. The second-order valence-electron chi connectivity index (χ2n) is 2.93. The summed E-state index contributed by atoms with van der Waals surface area (Å²) in [6.45, 7) is 0. The van der Waals surface area contributed by atoms with Crippen LogP contribution < -0.4 is 11.1 Å². The van der Waals surface area contributed by atoms with E-state index in [1.807, 2.05) is 0 Å². The Kier molecular flexibility index (Phi) is 1.55. The molecule has 4 nitrogen and oxygen atoms in total. The Balaban J connectivity index is 2.61. The predicted molar refractivity (Wildman–Crippen MR) is 47.0 cm³/mol. The number of carbonyl (C=O) groups is 2. The summed E-state index contributed by atoms with van der Waals surface area (Å²) in [5.41, 5.74) is 7.27. The van der Waals surface area contributed by atoms with Gasteiger partial charge in [0.15, 0.2) is 0 Å². The number of amides is 2. The summed E-state index contributed by atoms with van der Waals surface area (Å²) >= 11 is 0. The molecule has 0 radical (unpaired) electrons. The van der Waals surface area contributed by atoms with Crippen LogP contribution in [0.2, 0.25) is 0 Å². The van der Waals surface area contributed by atoms with Crippen LogP contribution in [0, 0.1) is 0 Å². The van der Waals surface area contributed by atoms with E-state index in [2.05, 4.69) is 5.32 Å². The molecule has 0 saturated heterocycles. The number of rotatable bonds is 0. The highest BCUT2D eigenvalue weighted by atomic mass is 16.2. The van der Waals surface area contributed by atoms with Gasteiger partial charge in [0.05, 0.1) is 6.42 Å². The molecule has 13 heavy (non-hydrogen) atoms. The number of hydrogen-bond acceptors (Lipinski definition) is 3. The maximum Gasteiger partial charge on any atom is 0.258 e. The Bertz CT molecular complexity index is 399. The van der Waals surface area contributed by atoms with Gasteiger partial charge in [0.2, 0.25) is 5.91 Å². The van der Waals surface area contributed by atoms with E-state index in [1.54, 1.807) is 18.2 Å². The van der Waals surface area contributed by atoms with Gasteiger partial charge in [0, 0.05) is 11.3 Å². The molecule has 0 bridgehead atoms. The van der Waals surface area contributed by atoms with Crippen molar-refractivity contribution in [3.8, 4) is 0 Å². The van der Waals surface area contributed by atoms with Crippen molar-refractivity contribution < 1.29 is 9.59 Å². The van der Waals surface area contributed by atoms with Gasteiger partial charge in [-0.05, 0) is 17.7 Å². The summed E-state index contributed by atoms with van der Waals surface area (Å²) in [7, 11) is 0. The molecule has 0 unspecified atom stereocenters. The number of nitrogens with one attached hydrogen (secondary N) is 1. The Labute approximate surface area is 74.7 Å². The van der Waals surface area contributed by atoms with E-state index < -0.39 is 0 Å². The standard InChI is InChI=1S/C9H8N2O2/c10-7-3-1-2-5-6(7)4-8(12)11-9(5)13/h1-3H,4,10H2,(H,11,12,13). The minimum Gasteiger partial charge on any atom is -0.398 e. The molecule has 0 atom stereocenters. The average molecular weight is 176 g/mol. The van der Waals surface area contributed by atoms with Gasteiger partial charge in [-0.15, -0.1) is 0 Å². The number of fused-ring (bicyclic) bond motifs is 1. The molecule has 1 aromatic rings. The highest BCUT2D eigenvalue weighted by molar-refractivity contribution is 6.10. The Morgan fingerprint density at radius 2 is 2.08 bits per heavy atom. The minimum atomic E-state index is -0.362. The third kappa shape index (κ3) is 1.16. The van der Waals surface area contributed by atoms with E-state index in [-0.39, 0.29) is 18.2 Å². The zero-order chi connectivity index (χ0) is 9.42. The van der Waals surface area contributed by atoms with E-state index in [0.29, 0.717) is 16.8 Å². The molecule has 2 rings (SSSR count). The van der Waals surface area contributed by atoms with Crippen LogP contribution in [0.25, 0.3) is 0 Å². The molecule has 1 aliphatic heterocycles. The number of nitrogen functional groups attached to an aromatic ring is 1. The summed E-state index contributed by atoms with van der Waals surface area (Å²) in [4.78, 5) is 22.3. The SMILES string of the molecule is Nc1cccc2c1CC(=O)NC2=O. The number of imide groups is 1. The molecule has 0 aliphatic carbocycles. The van der Waals surface area contributed by atoms with E-state index in [4.69, 9.17) is 5.73 Å². The van der Waals surface area contributed by atoms with Gasteiger partial charge in [-0.2, -0.15) is 0 Å². The summed E-state index contributed by atoms with van der Waals surface area (Å²) in [6, 6.07) is 5.04. The largest absolute Gasteiger partial charge is 0.398 e. The highest BCUT2D eigenvalue weighted by Crippen LogP contribution is 2.20. The van der Waals surface area contributed by atoms with Crippen LogP contribution in [-0.2, 0) is 11.2 Å². The van der Waals surface area contributed by atoms with Gasteiger partial charge in [0.1, 0.15) is 0 Å². The molecule has 1 heterocycles. The maximum absolute atomic E-state index is 11.3. The van der Waals surface area contributed by atoms with Gasteiger partial charge < -0.3 is 5.73 Å². The first-order valence-corrected chi connectivity index (χ1v) is 3.90. The lowest BCUT2D eigenvalue weighted by Gasteiger charge is -2.16. The zero-order valence-corrected chi connectivity index (χ0v) is 6.83. The molecule has 66 valence electrons. The van der Waals surface area contributed by atoms with Gasteiger partial charge in [-0.25, -0.2) is 0 Å². The molecule has 4 heteroatoms. The lowest BCUT2D eigenvalue weighted by atomic mass is 9.98. The van der Waals surface area contributed by atoms with Gasteiger partial charge in [0.25, 0.3) is 5.91 Å². The Hall–Kier alpha value is -1.84. The van der Waals surface area contributed by atoms with E-state index in [1.165, 1.54) is 0 Å². The maximum atomic E-state index is 11.3. The first-order valence-electron chi connectivity index (χ1n) is 3.90. The molecule has 0 spiro atoms. The molecular formula is C9H8N2O2. The molecule has 3 N–H and O–H groups in total. The van der Waals surface area contributed by atoms with Crippen molar-refractivity contribution in [3.63, 3.8) is 0 Å². The van der Waals surface area contributed by atoms with Crippen LogP contribution in [0.4, 0.5) is 5.69 Å². The molecule has 0 fully saturated rings. The first-order chi connectivity index (χ1) is 6.18. The summed E-state index contributed by atoms with van der Waals surface area (Å²) < 4.78 is 0. The van der Waals surface area contributed by atoms with Crippen molar-refractivity contribution in [1.29, 1.82) is 0 Å². The van der Waals surface area contributed by atoms with Crippen molar-refractivity contribution in [1.82, 2.24) is 5.32 Å². The minimum absolute atomic E-state index is 0.188. The van der Waals surface area contributed by atoms with Gasteiger partial charge in [-0.1, -0.05) is 6.07 Å². The Morgan fingerprint density at radius 1 is 1.31 bits per heavy atom. The third-order valence-corrected chi connectivity index (χ3v) is 2.05. The smallest absolute Gasteiger partial charge is 0.258 e. The molecule has 2 amide bonds. The fraction of sp³-hybridized carbons (Fsp3) is 0.111. The number of hydrogen-bond donors (Lipinski definition) is 2.